The third-order valence-electron chi connectivity index (χ3n) is 6.14. The van der Waals surface area contributed by atoms with Crippen LogP contribution in [0.1, 0.15) is 19.4 Å². The maximum atomic E-state index is 14.0. The van der Waals surface area contributed by atoms with Crippen LogP contribution in [0.5, 0.6) is 0 Å². The Kier molecular flexibility index (Phi) is 6.15. The van der Waals surface area contributed by atoms with Crippen molar-refractivity contribution in [3.8, 4) is 0 Å². The van der Waals surface area contributed by atoms with Crippen LogP contribution in [0.15, 0.2) is 66.0 Å². The number of aromatic nitrogens is 3. The van der Waals surface area contributed by atoms with E-state index in [0.717, 1.165) is 30.2 Å². The average Bonchev–Trinajstić information content (AvgIpc) is 3.60. The van der Waals surface area contributed by atoms with Crippen LogP contribution in [0.4, 0.5) is 15.2 Å². The third-order valence-corrected chi connectivity index (χ3v) is 8.20. The number of sulfonamides is 1. The number of hydrogen-bond donors (Lipinski definition) is 2. The van der Waals surface area contributed by atoms with Gasteiger partial charge in [0.25, 0.3) is 10.0 Å². The minimum atomic E-state index is -3.74. The number of carbonyl (C=O) groups excluding carboxylic acids is 1. The standard InChI is InChI=1S/C23H23FN6O3S2/c1-15(30-12-10-19-20(24)3-2-4-21(19)30)22(31)27-16-9-11-29(13-16)17-5-7-18(8-6-17)35(32,33)28-23-25-14-26-34-23/h2-8,10,12,14-16H,9,11,13H2,1H3,(H,27,31)(H,25,26,28)/t15-,16-/m1/s1. The van der Waals surface area contributed by atoms with Gasteiger partial charge in [-0.25, -0.2) is 17.8 Å². The molecule has 4 aromatic rings. The fourth-order valence-corrected chi connectivity index (χ4v) is 5.94. The number of nitrogens with one attached hydrogen (secondary N) is 2. The van der Waals surface area contributed by atoms with Crippen molar-refractivity contribution in [1.82, 2.24) is 19.2 Å². The van der Waals surface area contributed by atoms with Crippen LogP contribution in [-0.4, -0.2) is 47.4 Å². The fraction of sp³-hybridized carbons (Fsp3) is 0.261. The van der Waals surface area contributed by atoms with Crippen LogP contribution in [0.25, 0.3) is 10.9 Å². The van der Waals surface area contributed by atoms with Gasteiger partial charge in [0.1, 0.15) is 18.2 Å². The maximum Gasteiger partial charge on any atom is 0.263 e. The van der Waals surface area contributed by atoms with Gasteiger partial charge >= 0.3 is 0 Å². The van der Waals surface area contributed by atoms with E-state index in [0.29, 0.717) is 17.4 Å². The highest BCUT2D eigenvalue weighted by Gasteiger charge is 2.27. The van der Waals surface area contributed by atoms with Crippen molar-refractivity contribution < 1.29 is 17.6 Å². The zero-order valence-corrected chi connectivity index (χ0v) is 20.4. The van der Waals surface area contributed by atoms with Crippen LogP contribution < -0.4 is 14.9 Å². The number of nitrogens with zero attached hydrogens (tertiary/aromatic N) is 4. The minimum absolute atomic E-state index is 0.0500. The van der Waals surface area contributed by atoms with Crippen molar-refractivity contribution in [2.75, 3.05) is 22.7 Å². The normalized spacial score (nSPS) is 17.0. The minimum Gasteiger partial charge on any atom is -0.369 e. The first kappa shape index (κ1) is 23.2. The van der Waals surface area contributed by atoms with E-state index in [2.05, 4.69) is 24.3 Å². The number of anilines is 2. The van der Waals surface area contributed by atoms with E-state index in [4.69, 9.17) is 0 Å². The first-order valence-electron chi connectivity index (χ1n) is 11.0. The molecule has 1 aliphatic heterocycles. The van der Waals surface area contributed by atoms with E-state index >= 15 is 0 Å². The van der Waals surface area contributed by atoms with Crippen LogP contribution >= 0.6 is 11.5 Å². The van der Waals surface area contributed by atoms with Gasteiger partial charge in [0.2, 0.25) is 11.0 Å². The Morgan fingerprint density at radius 2 is 2.00 bits per heavy atom. The molecular weight excluding hydrogens is 491 g/mol. The second kappa shape index (κ2) is 9.27. The van der Waals surface area contributed by atoms with Crippen molar-refractivity contribution in [2.45, 2.75) is 30.3 Å². The molecule has 0 saturated carbocycles. The highest BCUT2D eigenvalue weighted by molar-refractivity contribution is 7.93. The Balaban J connectivity index is 1.21. The molecule has 0 unspecified atom stereocenters. The predicted molar refractivity (Wildman–Crippen MR) is 133 cm³/mol. The van der Waals surface area contributed by atoms with Gasteiger partial charge in [-0.15, -0.1) is 0 Å². The van der Waals surface area contributed by atoms with Gasteiger partial charge in [0.15, 0.2) is 0 Å². The summed E-state index contributed by atoms with van der Waals surface area (Å²) in [7, 11) is -3.74. The summed E-state index contributed by atoms with van der Waals surface area (Å²) in [5, 5.41) is 3.79. The summed E-state index contributed by atoms with van der Waals surface area (Å²) in [6.07, 6.45) is 3.78. The molecule has 35 heavy (non-hydrogen) atoms. The molecule has 2 N–H and O–H groups in total. The Labute approximate surface area is 205 Å². The number of carbonyl (C=O) groups is 1. The number of benzene rings is 2. The molecule has 5 rings (SSSR count). The van der Waals surface area contributed by atoms with Crippen molar-refractivity contribution in [3.63, 3.8) is 0 Å². The topological polar surface area (TPSA) is 109 Å². The molecule has 2 aromatic heterocycles. The highest BCUT2D eigenvalue weighted by atomic mass is 32.2. The fourth-order valence-electron chi connectivity index (χ4n) is 4.28. The lowest BCUT2D eigenvalue weighted by Crippen LogP contribution is -2.40. The second-order valence-electron chi connectivity index (χ2n) is 8.36. The molecule has 0 bridgehead atoms. The Morgan fingerprint density at radius 1 is 1.20 bits per heavy atom. The molecule has 0 radical (unpaired) electrons. The molecular formula is C23H23FN6O3S2. The van der Waals surface area contributed by atoms with Gasteiger partial charge in [-0.05, 0) is 55.8 Å². The van der Waals surface area contributed by atoms with Crippen LogP contribution in [0, 0.1) is 5.82 Å². The maximum absolute atomic E-state index is 14.0. The molecule has 12 heteroatoms. The van der Waals surface area contributed by atoms with E-state index in [-0.39, 0.29) is 27.8 Å². The predicted octanol–water partition coefficient (Wildman–Crippen LogP) is 3.39. The zero-order valence-electron chi connectivity index (χ0n) is 18.8. The summed E-state index contributed by atoms with van der Waals surface area (Å²) in [5.74, 6) is -0.446. The lowest BCUT2D eigenvalue weighted by atomic mass is 10.2. The zero-order chi connectivity index (χ0) is 24.6. The Hall–Kier alpha value is -3.51. The summed E-state index contributed by atoms with van der Waals surface area (Å²) in [6.45, 7) is 3.13. The highest BCUT2D eigenvalue weighted by Crippen LogP contribution is 2.25. The van der Waals surface area contributed by atoms with Gasteiger partial charge in [-0.2, -0.15) is 4.37 Å². The van der Waals surface area contributed by atoms with Crippen molar-refractivity contribution in [3.05, 3.63) is 66.9 Å². The third kappa shape index (κ3) is 4.71. The second-order valence-corrected chi connectivity index (χ2v) is 10.8. The molecule has 182 valence electrons. The summed E-state index contributed by atoms with van der Waals surface area (Å²) in [5.41, 5.74) is 1.55. The molecule has 2 aromatic carbocycles. The summed E-state index contributed by atoms with van der Waals surface area (Å²) in [6, 6.07) is 12.6. The van der Waals surface area contributed by atoms with E-state index in [1.807, 2.05) is 0 Å². The summed E-state index contributed by atoms with van der Waals surface area (Å²) < 4.78 is 47.0. The van der Waals surface area contributed by atoms with Gasteiger partial charge in [-0.1, -0.05) is 6.07 Å². The molecule has 1 saturated heterocycles. The SMILES string of the molecule is C[C@H](C(=O)N[C@@H]1CCN(c2ccc(S(=O)(=O)Nc3ncns3)cc2)C1)n1ccc2c(F)cccc21. The van der Waals surface area contributed by atoms with Gasteiger partial charge in [-0.3, -0.25) is 9.52 Å². The van der Waals surface area contributed by atoms with E-state index < -0.39 is 16.1 Å². The number of halogens is 1. The Morgan fingerprint density at radius 3 is 2.74 bits per heavy atom. The monoisotopic (exact) mass is 514 g/mol. The molecule has 3 heterocycles. The van der Waals surface area contributed by atoms with Crippen LogP contribution in [0.2, 0.25) is 0 Å². The lowest BCUT2D eigenvalue weighted by Gasteiger charge is -2.21. The largest absolute Gasteiger partial charge is 0.369 e. The molecule has 1 amide bonds. The molecule has 1 fully saturated rings. The number of rotatable bonds is 7. The Bertz CT molecular complexity index is 1450. The molecule has 1 aliphatic rings. The lowest BCUT2D eigenvalue weighted by molar-refractivity contribution is -0.124. The van der Waals surface area contributed by atoms with E-state index in [1.165, 1.54) is 12.4 Å². The number of fused-ring (bicyclic) bond motifs is 1. The van der Waals surface area contributed by atoms with Gasteiger partial charge in [0, 0.05) is 47.9 Å². The number of amides is 1. The van der Waals surface area contributed by atoms with E-state index in [9.17, 15) is 17.6 Å². The molecule has 2 atom stereocenters. The smallest absolute Gasteiger partial charge is 0.263 e. The number of hydrogen-bond acceptors (Lipinski definition) is 7. The van der Waals surface area contributed by atoms with E-state index in [1.54, 1.807) is 60.2 Å². The molecule has 9 nitrogen and oxygen atoms in total. The summed E-state index contributed by atoms with van der Waals surface area (Å²) in [4.78, 5) is 19.0. The van der Waals surface area contributed by atoms with Crippen molar-refractivity contribution in [2.24, 2.45) is 0 Å². The quantitative estimate of drug-likeness (QED) is 0.391. The summed E-state index contributed by atoms with van der Waals surface area (Å²) >= 11 is 0.963. The molecule has 0 aliphatic carbocycles. The van der Waals surface area contributed by atoms with Crippen LogP contribution in [0.3, 0.4) is 0 Å². The van der Waals surface area contributed by atoms with Gasteiger partial charge < -0.3 is 14.8 Å². The van der Waals surface area contributed by atoms with Gasteiger partial charge in [0.05, 0.1) is 10.4 Å². The first-order chi connectivity index (χ1) is 16.8. The van der Waals surface area contributed by atoms with Crippen LogP contribution in [-0.2, 0) is 14.8 Å². The first-order valence-corrected chi connectivity index (χ1v) is 13.3. The molecule has 0 spiro atoms. The van der Waals surface area contributed by atoms with Crippen molar-refractivity contribution >= 4 is 49.2 Å². The average molecular weight is 515 g/mol. The van der Waals surface area contributed by atoms with Crippen molar-refractivity contribution in [1.29, 1.82) is 0 Å².